The third kappa shape index (κ3) is 5.58. The molecule has 0 aliphatic rings. The average molecular weight is 360 g/mol. The van der Waals surface area contributed by atoms with Crippen LogP contribution < -0.4 is 0 Å². The van der Waals surface area contributed by atoms with Crippen LogP contribution in [0.4, 0.5) is 10.1 Å². The van der Waals surface area contributed by atoms with Crippen LogP contribution in [0.25, 0.3) is 6.08 Å². The highest BCUT2D eigenvalue weighted by atomic mass is 35.5. The summed E-state index contributed by atoms with van der Waals surface area (Å²) in [6.07, 6.45) is 4.13. The highest BCUT2D eigenvalue weighted by molar-refractivity contribution is 6.30. The Hall–Kier alpha value is -2.92. The molecule has 25 heavy (non-hydrogen) atoms. The molecular formula is C19H15ClFNO3. The quantitative estimate of drug-likeness (QED) is 0.272. The zero-order chi connectivity index (χ0) is 18.2. The molecule has 6 heteroatoms. The van der Waals surface area contributed by atoms with Crippen molar-refractivity contribution in [3.8, 4) is 0 Å². The van der Waals surface area contributed by atoms with E-state index in [1.165, 1.54) is 43.7 Å². The predicted octanol–water partition coefficient (Wildman–Crippen LogP) is 4.88. The van der Waals surface area contributed by atoms with Gasteiger partial charge in [-0.2, -0.15) is 0 Å². The van der Waals surface area contributed by atoms with Crippen LogP contribution in [0.2, 0.25) is 5.02 Å². The molecule has 0 saturated heterocycles. The van der Waals surface area contributed by atoms with Gasteiger partial charge in [-0.1, -0.05) is 29.8 Å². The number of hydrogen-bond donors (Lipinski definition) is 1. The Morgan fingerprint density at radius 3 is 2.40 bits per heavy atom. The topological polar surface area (TPSA) is 58.9 Å². The number of rotatable bonds is 5. The molecule has 2 aromatic carbocycles. The van der Waals surface area contributed by atoms with Gasteiger partial charge in [0.15, 0.2) is 0 Å². The van der Waals surface area contributed by atoms with E-state index in [4.69, 9.17) is 11.6 Å². The minimum atomic E-state index is -0.746. The van der Waals surface area contributed by atoms with Gasteiger partial charge in [-0.3, -0.25) is 4.99 Å². The van der Waals surface area contributed by atoms with E-state index < -0.39 is 11.8 Å². The van der Waals surface area contributed by atoms with Crippen molar-refractivity contribution in [2.45, 2.75) is 0 Å². The van der Waals surface area contributed by atoms with Crippen molar-refractivity contribution in [2.75, 3.05) is 7.11 Å². The maximum atomic E-state index is 12.9. The molecule has 0 unspecified atom stereocenters. The molecule has 0 radical (unpaired) electrons. The molecule has 2 aromatic rings. The van der Waals surface area contributed by atoms with E-state index in [0.717, 1.165) is 5.56 Å². The first kappa shape index (κ1) is 18.4. The number of allylic oxidation sites excluding steroid dienone is 1. The van der Waals surface area contributed by atoms with Gasteiger partial charge in [0.1, 0.15) is 17.1 Å². The van der Waals surface area contributed by atoms with E-state index >= 15 is 0 Å². The molecular weight excluding hydrogens is 345 g/mol. The minimum absolute atomic E-state index is 0.128. The second-order valence-corrected chi connectivity index (χ2v) is 5.35. The lowest BCUT2D eigenvalue weighted by molar-refractivity contribution is -0.135. The highest BCUT2D eigenvalue weighted by Crippen LogP contribution is 2.15. The van der Waals surface area contributed by atoms with E-state index in [1.807, 2.05) is 0 Å². The molecule has 0 fully saturated rings. The van der Waals surface area contributed by atoms with Gasteiger partial charge in [0, 0.05) is 11.2 Å². The summed E-state index contributed by atoms with van der Waals surface area (Å²) in [5.74, 6) is -1.45. The number of methoxy groups -OCH3 is 1. The first-order chi connectivity index (χ1) is 12.0. The van der Waals surface area contributed by atoms with Gasteiger partial charge in [-0.05, 0) is 48.0 Å². The molecule has 0 atom stereocenters. The summed E-state index contributed by atoms with van der Waals surface area (Å²) in [6.45, 7) is 0. The summed E-state index contributed by atoms with van der Waals surface area (Å²) in [6, 6.07) is 12.3. The van der Waals surface area contributed by atoms with Crippen molar-refractivity contribution >= 4 is 35.5 Å². The summed E-state index contributed by atoms with van der Waals surface area (Å²) in [5.41, 5.74) is 1.09. The Kier molecular flexibility index (Phi) is 6.48. The average Bonchev–Trinajstić information content (AvgIpc) is 2.62. The second kappa shape index (κ2) is 8.80. The number of hydrogen-bond acceptors (Lipinski definition) is 4. The number of aliphatic hydroxyl groups excluding tert-OH is 1. The van der Waals surface area contributed by atoms with Gasteiger partial charge in [-0.15, -0.1) is 0 Å². The molecule has 1 N–H and O–H groups in total. The van der Waals surface area contributed by atoms with Crippen LogP contribution in [0, 0.1) is 5.82 Å². The van der Waals surface area contributed by atoms with Gasteiger partial charge in [0.05, 0.1) is 12.8 Å². The Balaban J connectivity index is 2.27. The lowest BCUT2D eigenvalue weighted by atomic mass is 10.1. The number of carbonyl (C=O) groups is 1. The second-order valence-electron chi connectivity index (χ2n) is 4.91. The molecule has 0 aliphatic carbocycles. The van der Waals surface area contributed by atoms with Gasteiger partial charge in [-0.25, -0.2) is 9.18 Å². The third-order valence-corrected chi connectivity index (χ3v) is 3.41. The third-order valence-electron chi connectivity index (χ3n) is 3.15. The molecule has 0 heterocycles. The van der Waals surface area contributed by atoms with Crippen LogP contribution in [0.3, 0.4) is 0 Å². The monoisotopic (exact) mass is 359 g/mol. The summed E-state index contributed by atoms with van der Waals surface area (Å²) < 4.78 is 17.5. The number of halogens is 2. The van der Waals surface area contributed by atoms with Crippen LogP contribution in [-0.4, -0.2) is 24.4 Å². The van der Waals surface area contributed by atoms with Crippen LogP contribution in [0.1, 0.15) is 5.56 Å². The maximum Gasteiger partial charge on any atom is 0.343 e. The van der Waals surface area contributed by atoms with Gasteiger partial charge in [0.2, 0.25) is 0 Å². The Morgan fingerprint density at radius 1 is 1.16 bits per heavy atom. The van der Waals surface area contributed by atoms with Crippen molar-refractivity contribution in [3.63, 3.8) is 0 Å². The number of aliphatic imine (C=N–C) groups is 1. The van der Waals surface area contributed by atoms with E-state index in [-0.39, 0.29) is 11.3 Å². The fourth-order valence-corrected chi connectivity index (χ4v) is 1.96. The fraction of sp³-hybridized carbons (Fsp3) is 0.0526. The Bertz CT molecular complexity index is 825. The molecule has 128 valence electrons. The predicted molar refractivity (Wildman–Crippen MR) is 96.7 cm³/mol. The van der Waals surface area contributed by atoms with Crippen molar-refractivity contribution in [1.29, 1.82) is 0 Å². The molecule has 0 aromatic heterocycles. The smallest absolute Gasteiger partial charge is 0.343 e. The maximum absolute atomic E-state index is 12.9. The molecule has 0 aliphatic heterocycles. The summed E-state index contributed by atoms with van der Waals surface area (Å²) in [4.78, 5) is 15.9. The highest BCUT2D eigenvalue weighted by Gasteiger charge is 2.12. The van der Waals surface area contributed by atoms with Crippen molar-refractivity contribution in [1.82, 2.24) is 0 Å². The largest absolute Gasteiger partial charge is 0.507 e. The summed E-state index contributed by atoms with van der Waals surface area (Å²) in [7, 11) is 1.20. The van der Waals surface area contributed by atoms with Crippen LogP contribution in [0.15, 0.2) is 70.9 Å². The fourth-order valence-electron chi connectivity index (χ4n) is 1.84. The van der Waals surface area contributed by atoms with E-state index in [0.29, 0.717) is 10.7 Å². The number of carbonyl (C=O) groups excluding carboxylic acids is 1. The lowest BCUT2D eigenvalue weighted by Gasteiger charge is -2.02. The van der Waals surface area contributed by atoms with E-state index in [2.05, 4.69) is 9.73 Å². The van der Waals surface area contributed by atoms with E-state index in [9.17, 15) is 14.3 Å². The number of esters is 1. The SMILES string of the molecule is COC(=O)C(C=Nc1ccc(F)cc1)=C(O)C=Cc1ccc(Cl)cc1. The molecule has 0 saturated carbocycles. The van der Waals surface area contributed by atoms with Crippen molar-refractivity contribution < 1.29 is 19.0 Å². The Labute approximate surface area is 149 Å². The van der Waals surface area contributed by atoms with Gasteiger partial charge in [0.25, 0.3) is 0 Å². The molecule has 4 nitrogen and oxygen atoms in total. The summed E-state index contributed by atoms with van der Waals surface area (Å²) >= 11 is 5.81. The van der Waals surface area contributed by atoms with Gasteiger partial charge >= 0.3 is 5.97 Å². The number of aliphatic hydroxyl groups is 1. The van der Waals surface area contributed by atoms with Crippen LogP contribution >= 0.6 is 11.6 Å². The standard InChI is InChI=1S/C19H15ClFNO3/c1-25-19(24)17(12-22-16-9-7-15(21)8-10-16)18(23)11-4-13-2-5-14(20)6-3-13/h2-12,23H,1H3. The number of benzene rings is 2. The van der Waals surface area contributed by atoms with Crippen LogP contribution in [0.5, 0.6) is 0 Å². The first-order valence-electron chi connectivity index (χ1n) is 7.24. The van der Waals surface area contributed by atoms with E-state index in [1.54, 1.807) is 30.3 Å². The zero-order valence-corrected chi connectivity index (χ0v) is 14.1. The Morgan fingerprint density at radius 2 is 1.80 bits per heavy atom. The normalized spacial score (nSPS) is 12.4. The first-order valence-corrected chi connectivity index (χ1v) is 7.62. The zero-order valence-electron chi connectivity index (χ0n) is 13.3. The number of nitrogens with zero attached hydrogens (tertiary/aromatic N) is 1. The molecule has 0 amide bonds. The summed E-state index contributed by atoms with van der Waals surface area (Å²) in [5, 5.41) is 10.8. The van der Waals surface area contributed by atoms with Crippen molar-refractivity contribution in [2.24, 2.45) is 4.99 Å². The lowest BCUT2D eigenvalue weighted by Crippen LogP contribution is -2.08. The molecule has 0 bridgehead atoms. The number of ether oxygens (including phenoxy) is 1. The molecule has 2 rings (SSSR count). The minimum Gasteiger partial charge on any atom is -0.507 e. The van der Waals surface area contributed by atoms with Crippen molar-refractivity contribution in [3.05, 3.63) is 82.3 Å². The van der Waals surface area contributed by atoms with Gasteiger partial charge < -0.3 is 9.84 Å². The van der Waals surface area contributed by atoms with Crippen LogP contribution in [-0.2, 0) is 9.53 Å². The molecule has 0 spiro atoms.